The van der Waals surface area contributed by atoms with Gasteiger partial charge in [-0.15, -0.1) is 0 Å². The largest absolute Gasteiger partial charge is 0.455 e. The minimum absolute atomic E-state index is 0.872. The van der Waals surface area contributed by atoms with Gasteiger partial charge in [0.1, 0.15) is 11.5 Å². The Hall–Kier alpha value is -4.62. The maximum atomic E-state index is 6.80. The van der Waals surface area contributed by atoms with Gasteiger partial charge < -0.3 is 4.74 Å². The molecule has 0 amide bonds. The summed E-state index contributed by atoms with van der Waals surface area (Å²) >= 11 is 0. The van der Waals surface area contributed by atoms with E-state index in [2.05, 4.69) is 133 Å². The molecule has 0 saturated heterocycles. The second-order valence-electron chi connectivity index (χ2n) is 8.90. The molecule has 0 aliphatic rings. The average molecular weight is 447 g/mol. The van der Waals surface area contributed by atoms with Crippen molar-refractivity contribution in [3.63, 3.8) is 0 Å². The van der Waals surface area contributed by atoms with Gasteiger partial charge in [0.25, 0.3) is 0 Å². The van der Waals surface area contributed by atoms with E-state index in [1.54, 1.807) is 0 Å². The highest BCUT2D eigenvalue weighted by molar-refractivity contribution is 6.20. The van der Waals surface area contributed by atoms with Crippen LogP contribution in [0.2, 0.25) is 0 Å². The summed E-state index contributed by atoms with van der Waals surface area (Å²) in [5.74, 6) is 1.77. The van der Waals surface area contributed by atoms with Crippen LogP contribution in [0.4, 0.5) is 0 Å². The van der Waals surface area contributed by atoms with Crippen LogP contribution >= 0.6 is 0 Å². The highest BCUT2D eigenvalue weighted by Crippen LogP contribution is 2.46. The third kappa shape index (κ3) is 3.17. The summed E-state index contributed by atoms with van der Waals surface area (Å²) in [5, 5.41) is 9.40. The molecule has 1 nitrogen and oxygen atoms in total. The van der Waals surface area contributed by atoms with Crippen LogP contribution in [-0.4, -0.2) is 0 Å². The molecule has 0 radical (unpaired) electrons. The van der Waals surface area contributed by atoms with E-state index in [-0.39, 0.29) is 0 Å². The molecule has 0 aliphatic heterocycles. The monoisotopic (exact) mass is 446 g/mol. The summed E-state index contributed by atoms with van der Waals surface area (Å²) in [4.78, 5) is 0. The van der Waals surface area contributed by atoms with Crippen LogP contribution in [0.5, 0.6) is 11.5 Å². The average Bonchev–Trinajstić information content (AvgIpc) is 2.93. The Morgan fingerprint density at radius 2 is 0.800 bits per heavy atom. The molecular weight excluding hydrogens is 424 g/mol. The molecular formula is C34H22O. The molecule has 0 spiro atoms. The first kappa shape index (κ1) is 19.8. The van der Waals surface area contributed by atoms with Crippen LogP contribution in [0.1, 0.15) is 0 Å². The van der Waals surface area contributed by atoms with Gasteiger partial charge >= 0.3 is 0 Å². The number of hydrogen-bond acceptors (Lipinski definition) is 1. The molecule has 0 bridgehead atoms. The predicted molar refractivity (Wildman–Crippen MR) is 148 cm³/mol. The lowest BCUT2D eigenvalue weighted by molar-refractivity contribution is 0.499. The molecule has 0 saturated carbocycles. The minimum atomic E-state index is 0.872. The van der Waals surface area contributed by atoms with Gasteiger partial charge in [-0.2, -0.15) is 0 Å². The Kier molecular flexibility index (Phi) is 4.53. The van der Waals surface area contributed by atoms with Gasteiger partial charge in [-0.05, 0) is 44.1 Å². The van der Waals surface area contributed by atoms with E-state index in [0.717, 1.165) is 27.7 Å². The summed E-state index contributed by atoms with van der Waals surface area (Å²) in [6.07, 6.45) is 0. The van der Waals surface area contributed by atoms with E-state index in [1.165, 1.54) is 38.1 Å². The third-order valence-corrected chi connectivity index (χ3v) is 6.90. The number of hydrogen-bond donors (Lipinski definition) is 0. The standard InChI is InChI=1S/C34H22O/c1-3-15-25-23(11-1)13-9-21-27(25)33-28-17-5-7-19-30(28)34(31-20-8-6-18-29(31)33)35-32-22-10-14-24-12-2-4-16-26(24)32/h1-22H. The zero-order chi connectivity index (χ0) is 23.2. The van der Waals surface area contributed by atoms with Gasteiger partial charge in [0, 0.05) is 16.2 Å². The van der Waals surface area contributed by atoms with Crippen molar-refractivity contribution in [3.8, 4) is 22.6 Å². The minimum Gasteiger partial charge on any atom is -0.455 e. The fraction of sp³-hybridized carbons (Fsp3) is 0. The first-order valence-electron chi connectivity index (χ1n) is 12.0. The Labute approximate surface area is 203 Å². The van der Waals surface area contributed by atoms with Crippen molar-refractivity contribution in [2.75, 3.05) is 0 Å². The van der Waals surface area contributed by atoms with Gasteiger partial charge in [0.05, 0.1) is 0 Å². The summed E-state index contributed by atoms with van der Waals surface area (Å²) in [6, 6.07) is 47.0. The van der Waals surface area contributed by atoms with Crippen molar-refractivity contribution in [1.29, 1.82) is 0 Å². The second-order valence-corrected chi connectivity index (χ2v) is 8.90. The van der Waals surface area contributed by atoms with E-state index in [9.17, 15) is 0 Å². The maximum Gasteiger partial charge on any atom is 0.143 e. The van der Waals surface area contributed by atoms with Gasteiger partial charge in [0.2, 0.25) is 0 Å². The molecule has 1 heteroatoms. The van der Waals surface area contributed by atoms with Crippen LogP contribution < -0.4 is 4.74 Å². The lowest BCUT2D eigenvalue weighted by atomic mass is 9.89. The van der Waals surface area contributed by atoms with Crippen LogP contribution in [0.3, 0.4) is 0 Å². The molecule has 164 valence electrons. The SMILES string of the molecule is c1ccc2c(Oc3c4ccccc4c(-c4cccc5ccccc45)c4ccccc34)cccc2c1. The normalized spacial score (nSPS) is 11.4. The number of fused-ring (bicyclic) bond motifs is 4. The van der Waals surface area contributed by atoms with Crippen molar-refractivity contribution in [1.82, 2.24) is 0 Å². The smallest absolute Gasteiger partial charge is 0.143 e. The van der Waals surface area contributed by atoms with Crippen molar-refractivity contribution in [2.24, 2.45) is 0 Å². The Morgan fingerprint density at radius 3 is 1.46 bits per heavy atom. The van der Waals surface area contributed by atoms with E-state index >= 15 is 0 Å². The maximum absolute atomic E-state index is 6.80. The lowest BCUT2D eigenvalue weighted by Crippen LogP contribution is -1.93. The van der Waals surface area contributed by atoms with Gasteiger partial charge in [0.15, 0.2) is 0 Å². The van der Waals surface area contributed by atoms with E-state index in [1.807, 2.05) is 0 Å². The van der Waals surface area contributed by atoms with Crippen LogP contribution in [0.15, 0.2) is 133 Å². The highest BCUT2D eigenvalue weighted by atomic mass is 16.5. The van der Waals surface area contributed by atoms with E-state index in [4.69, 9.17) is 4.74 Å². The lowest BCUT2D eigenvalue weighted by Gasteiger charge is -2.19. The number of benzene rings is 7. The molecule has 7 aromatic carbocycles. The predicted octanol–water partition coefficient (Wildman–Crippen LogP) is 9.76. The summed E-state index contributed by atoms with van der Waals surface area (Å²) in [6.45, 7) is 0. The summed E-state index contributed by atoms with van der Waals surface area (Å²) in [5.41, 5.74) is 2.49. The molecule has 35 heavy (non-hydrogen) atoms. The zero-order valence-corrected chi connectivity index (χ0v) is 19.1. The highest BCUT2D eigenvalue weighted by Gasteiger charge is 2.18. The third-order valence-electron chi connectivity index (χ3n) is 6.90. The fourth-order valence-corrected chi connectivity index (χ4v) is 5.33. The molecule has 7 rings (SSSR count). The fourth-order valence-electron chi connectivity index (χ4n) is 5.33. The summed E-state index contributed by atoms with van der Waals surface area (Å²) < 4.78 is 6.80. The van der Waals surface area contributed by atoms with Gasteiger partial charge in [-0.25, -0.2) is 0 Å². The van der Waals surface area contributed by atoms with Crippen molar-refractivity contribution in [2.45, 2.75) is 0 Å². The van der Waals surface area contributed by atoms with E-state index in [0.29, 0.717) is 0 Å². The molecule has 0 aromatic heterocycles. The molecule has 0 heterocycles. The first-order chi connectivity index (χ1) is 17.4. The van der Waals surface area contributed by atoms with Crippen molar-refractivity contribution >= 4 is 43.1 Å². The molecule has 0 aliphatic carbocycles. The van der Waals surface area contributed by atoms with Gasteiger partial charge in [-0.3, -0.25) is 0 Å². The Bertz CT molecular complexity index is 1810. The zero-order valence-electron chi connectivity index (χ0n) is 19.1. The Morgan fingerprint density at radius 1 is 0.343 bits per heavy atom. The topological polar surface area (TPSA) is 9.23 Å². The van der Waals surface area contributed by atoms with Crippen molar-refractivity contribution in [3.05, 3.63) is 133 Å². The van der Waals surface area contributed by atoms with Crippen LogP contribution in [0, 0.1) is 0 Å². The second kappa shape index (κ2) is 8.00. The molecule has 7 aromatic rings. The van der Waals surface area contributed by atoms with Crippen LogP contribution in [-0.2, 0) is 0 Å². The molecule has 0 unspecified atom stereocenters. The van der Waals surface area contributed by atoms with Crippen LogP contribution in [0.25, 0.3) is 54.2 Å². The molecule has 0 atom stereocenters. The number of rotatable bonds is 3. The molecule has 0 N–H and O–H groups in total. The first-order valence-corrected chi connectivity index (χ1v) is 12.0. The van der Waals surface area contributed by atoms with E-state index < -0.39 is 0 Å². The van der Waals surface area contributed by atoms with Gasteiger partial charge in [-0.1, -0.05) is 127 Å². The quantitative estimate of drug-likeness (QED) is 0.245. The Balaban J connectivity index is 1.58. The number of ether oxygens (including phenoxy) is 1. The molecule has 0 fully saturated rings. The summed E-state index contributed by atoms with van der Waals surface area (Å²) in [7, 11) is 0. The van der Waals surface area contributed by atoms with Crippen molar-refractivity contribution < 1.29 is 4.74 Å².